The molecular weight excluding hydrogens is 252 g/mol. The van der Waals surface area contributed by atoms with Crippen LogP contribution in [0.15, 0.2) is 60.7 Å². The van der Waals surface area contributed by atoms with E-state index in [2.05, 4.69) is 18.2 Å². The zero-order valence-electron chi connectivity index (χ0n) is 10.5. The maximum Gasteiger partial charge on any atom is 0.142 e. The summed E-state index contributed by atoms with van der Waals surface area (Å²) >= 11 is 1.72. The van der Waals surface area contributed by atoms with Crippen LogP contribution in [0, 0.1) is 0 Å². The van der Waals surface area contributed by atoms with Crippen molar-refractivity contribution in [2.24, 2.45) is 0 Å². The summed E-state index contributed by atoms with van der Waals surface area (Å²) in [4.78, 5) is 13.2. The van der Waals surface area contributed by atoms with Gasteiger partial charge in [-0.1, -0.05) is 48.5 Å². The number of Topliss-reactive ketones (excluding diaryl/α,β-unsaturated/α-hetero) is 1. The van der Waals surface area contributed by atoms with Crippen molar-refractivity contribution in [1.29, 1.82) is 0 Å². The van der Waals surface area contributed by atoms with Gasteiger partial charge < -0.3 is 0 Å². The topological polar surface area (TPSA) is 17.1 Å². The first-order valence-electron chi connectivity index (χ1n) is 6.34. The van der Waals surface area contributed by atoms with Gasteiger partial charge in [-0.2, -0.15) is 0 Å². The van der Waals surface area contributed by atoms with Gasteiger partial charge in [0.2, 0.25) is 0 Å². The number of carbonyl (C=O) groups excluding carboxylic acids is 1. The summed E-state index contributed by atoms with van der Waals surface area (Å²) in [5.41, 5.74) is 1.09. The van der Waals surface area contributed by atoms with Gasteiger partial charge in [0.15, 0.2) is 0 Å². The molecule has 94 valence electrons. The van der Waals surface area contributed by atoms with Crippen molar-refractivity contribution in [2.75, 3.05) is 0 Å². The van der Waals surface area contributed by atoms with E-state index in [0.29, 0.717) is 12.8 Å². The molecule has 3 aromatic rings. The van der Waals surface area contributed by atoms with E-state index >= 15 is 0 Å². The third-order valence-corrected chi connectivity index (χ3v) is 4.21. The Balaban J connectivity index is 1.72. The molecule has 0 atom stereocenters. The SMILES string of the molecule is O=C(Cc1ccccc1)Cc1cc2ccccc2s1. The molecule has 0 saturated heterocycles. The molecular formula is C17H14OS. The molecule has 2 aromatic carbocycles. The molecule has 0 saturated carbocycles. The molecule has 0 aliphatic heterocycles. The lowest BCUT2D eigenvalue weighted by Crippen LogP contribution is -2.05. The number of thiophene rings is 1. The highest BCUT2D eigenvalue weighted by Gasteiger charge is 2.08. The van der Waals surface area contributed by atoms with Crippen molar-refractivity contribution in [1.82, 2.24) is 0 Å². The quantitative estimate of drug-likeness (QED) is 0.689. The van der Waals surface area contributed by atoms with Crippen molar-refractivity contribution < 1.29 is 4.79 Å². The number of benzene rings is 2. The lowest BCUT2D eigenvalue weighted by Gasteiger charge is -1.99. The monoisotopic (exact) mass is 266 g/mol. The average molecular weight is 266 g/mol. The van der Waals surface area contributed by atoms with Crippen LogP contribution in [-0.4, -0.2) is 5.78 Å². The summed E-state index contributed by atoms with van der Waals surface area (Å²) in [5, 5.41) is 1.23. The van der Waals surface area contributed by atoms with Crippen molar-refractivity contribution >= 4 is 27.2 Å². The standard InChI is InChI=1S/C17H14OS/c18-15(10-13-6-2-1-3-7-13)12-16-11-14-8-4-5-9-17(14)19-16/h1-9,11H,10,12H2. The predicted molar refractivity (Wildman–Crippen MR) is 80.7 cm³/mol. The predicted octanol–water partition coefficient (Wildman–Crippen LogP) is 4.26. The van der Waals surface area contributed by atoms with Gasteiger partial charge in [-0.15, -0.1) is 11.3 Å². The highest BCUT2D eigenvalue weighted by atomic mass is 32.1. The molecule has 19 heavy (non-hydrogen) atoms. The van der Waals surface area contributed by atoms with Crippen molar-refractivity contribution in [3.63, 3.8) is 0 Å². The highest BCUT2D eigenvalue weighted by Crippen LogP contribution is 2.25. The molecule has 2 heteroatoms. The van der Waals surface area contributed by atoms with Crippen LogP contribution in [-0.2, 0) is 17.6 Å². The lowest BCUT2D eigenvalue weighted by molar-refractivity contribution is -0.117. The Morgan fingerprint density at radius 1 is 0.895 bits per heavy atom. The van der Waals surface area contributed by atoms with Crippen molar-refractivity contribution in [2.45, 2.75) is 12.8 Å². The smallest absolute Gasteiger partial charge is 0.142 e. The van der Waals surface area contributed by atoms with Crippen LogP contribution in [0.2, 0.25) is 0 Å². The van der Waals surface area contributed by atoms with E-state index < -0.39 is 0 Å². The van der Waals surface area contributed by atoms with E-state index in [4.69, 9.17) is 0 Å². The molecule has 1 heterocycles. The molecule has 0 spiro atoms. The number of rotatable bonds is 4. The maximum atomic E-state index is 12.1. The summed E-state index contributed by atoms with van der Waals surface area (Å²) in [5.74, 6) is 0.276. The van der Waals surface area contributed by atoms with E-state index in [0.717, 1.165) is 10.4 Å². The van der Waals surface area contributed by atoms with E-state index in [9.17, 15) is 4.79 Å². The van der Waals surface area contributed by atoms with Crippen LogP contribution in [0.5, 0.6) is 0 Å². The fourth-order valence-electron chi connectivity index (χ4n) is 2.20. The molecule has 0 bridgehead atoms. The Hall–Kier alpha value is -1.93. The zero-order chi connectivity index (χ0) is 13.1. The van der Waals surface area contributed by atoms with Crippen LogP contribution in [0.1, 0.15) is 10.4 Å². The molecule has 0 aliphatic carbocycles. The molecule has 0 fully saturated rings. The van der Waals surface area contributed by atoms with E-state index in [1.54, 1.807) is 11.3 Å². The largest absolute Gasteiger partial charge is 0.299 e. The third-order valence-electron chi connectivity index (χ3n) is 3.09. The van der Waals surface area contributed by atoms with Crippen LogP contribution in [0.25, 0.3) is 10.1 Å². The Labute approximate surface area is 116 Å². The average Bonchev–Trinajstić information content (AvgIpc) is 2.81. The molecule has 3 rings (SSSR count). The molecule has 1 aromatic heterocycles. The fraction of sp³-hybridized carbons (Fsp3) is 0.118. The minimum Gasteiger partial charge on any atom is -0.299 e. The Bertz CT molecular complexity index is 664. The molecule has 0 aliphatic rings. The molecule has 0 unspecified atom stereocenters. The normalized spacial score (nSPS) is 10.7. The number of fused-ring (bicyclic) bond motifs is 1. The molecule has 1 nitrogen and oxygen atoms in total. The number of hydrogen-bond acceptors (Lipinski definition) is 2. The second-order valence-electron chi connectivity index (χ2n) is 4.63. The minimum atomic E-state index is 0.276. The Morgan fingerprint density at radius 2 is 1.63 bits per heavy atom. The van der Waals surface area contributed by atoms with Crippen LogP contribution >= 0.6 is 11.3 Å². The number of carbonyl (C=O) groups is 1. The van der Waals surface area contributed by atoms with Crippen LogP contribution in [0.4, 0.5) is 0 Å². The van der Waals surface area contributed by atoms with E-state index in [1.165, 1.54) is 10.1 Å². The van der Waals surface area contributed by atoms with Gasteiger partial charge in [0, 0.05) is 22.4 Å². The molecule has 0 N–H and O–H groups in total. The number of hydrogen-bond donors (Lipinski definition) is 0. The van der Waals surface area contributed by atoms with Gasteiger partial charge in [0.05, 0.1) is 0 Å². The minimum absolute atomic E-state index is 0.276. The first-order valence-corrected chi connectivity index (χ1v) is 7.16. The van der Waals surface area contributed by atoms with Gasteiger partial charge in [0.1, 0.15) is 5.78 Å². The summed E-state index contributed by atoms with van der Waals surface area (Å²) in [6.07, 6.45) is 1.06. The summed E-state index contributed by atoms with van der Waals surface area (Å²) in [6, 6.07) is 20.3. The van der Waals surface area contributed by atoms with Gasteiger partial charge in [-0.25, -0.2) is 0 Å². The highest BCUT2D eigenvalue weighted by molar-refractivity contribution is 7.19. The van der Waals surface area contributed by atoms with Gasteiger partial charge in [-0.05, 0) is 23.1 Å². The maximum absolute atomic E-state index is 12.1. The lowest BCUT2D eigenvalue weighted by atomic mass is 10.1. The van der Waals surface area contributed by atoms with Gasteiger partial charge in [0.25, 0.3) is 0 Å². The van der Waals surface area contributed by atoms with Gasteiger partial charge in [-0.3, -0.25) is 4.79 Å². The van der Waals surface area contributed by atoms with Crippen LogP contribution < -0.4 is 0 Å². The first kappa shape index (κ1) is 12.1. The summed E-state index contributed by atoms with van der Waals surface area (Å²) in [7, 11) is 0. The molecule has 0 amide bonds. The Kier molecular flexibility index (Phi) is 3.43. The van der Waals surface area contributed by atoms with Gasteiger partial charge >= 0.3 is 0 Å². The summed E-state index contributed by atoms with van der Waals surface area (Å²) in [6.45, 7) is 0. The van der Waals surface area contributed by atoms with Crippen LogP contribution in [0.3, 0.4) is 0 Å². The van der Waals surface area contributed by atoms with Crippen molar-refractivity contribution in [3.8, 4) is 0 Å². The molecule has 0 radical (unpaired) electrons. The fourth-order valence-corrected chi connectivity index (χ4v) is 3.30. The van der Waals surface area contributed by atoms with Crippen molar-refractivity contribution in [3.05, 3.63) is 71.1 Å². The first-order chi connectivity index (χ1) is 9.31. The summed E-state index contributed by atoms with van der Waals surface area (Å²) < 4.78 is 1.25. The zero-order valence-corrected chi connectivity index (χ0v) is 11.3. The van der Waals surface area contributed by atoms with E-state index in [1.807, 2.05) is 42.5 Å². The second kappa shape index (κ2) is 5.37. The number of ketones is 1. The Morgan fingerprint density at radius 3 is 2.42 bits per heavy atom. The second-order valence-corrected chi connectivity index (χ2v) is 5.80. The van der Waals surface area contributed by atoms with E-state index in [-0.39, 0.29) is 5.78 Å². The third kappa shape index (κ3) is 2.91.